The first-order chi connectivity index (χ1) is 24.4. The molecule has 1 unspecified atom stereocenters. The van der Waals surface area contributed by atoms with E-state index in [2.05, 4.69) is 81.1 Å². The summed E-state index contributed by atoms with van der Waals surface area (Å²) >= 11 is 5.21. The van der Waals surface area contributed by atoms with Gasteiger partial charge in [-0.05, 0) is 12.5 Å². The molecule has 5 nitrogen and oxygen atoms in total. The molecule has 3 aromatic heterocycles. The van der Waals surface area contributed by atoms with Gasteiger partial charge >= 0.3 is 240 Å². The minimum absolute atomic E-state index is 0.245. The number of methoxy groups -OCH3 is 1. The molecule has 50 heavy (non-hydrogen) atoms. The van der Waals surface area contributed by atoms with Crippen molar-refractivity contribution in [3.63, 3.8) is 0 Å². The van der Waals surface area contributed by atoms with Gasteiger partial charge in [0, 0.05) is 6.42 Å². The summed E-state index contributed by atoms with van der Waals surface area (Å²) in [5.41, 5.74) is 2.05. The van der Waals surface area contributed by atoms with Gasteiger partial charge in [-0.1, -0.05) is 50.9 Å². The third kappa shape index (κ3) is 10.0. The van der Waals surface area contributed by atoms with E-state index >= 15 is 0 Å². The Bertz CT molecular complexity index is 1680. The van der Waals surface area contributed by atoms with Gasteiger partial charge in [0.25, 0.3) is 0 Å². The maximum atomic E-state index is 6.74. The molecule has 0 N–H and O–H groups in total. The molecule has 0 aliphatic carbocycles. The van der Waals surface area contributed by atoms with Gasteiger partial charge < -0.3 is 0 Å². The normalized spacial score (nSPS) is 16.3. The van der Waals surface area contributed by atoms with Gasteiger partial charge in [0.15, 0.2) is 0 Å². The van der Waals surface area contributed by atoms with Crippen LogP contribution in [0.3, 0.4) is 0 Å². The minimum atomic E-state index is -2.86. The van der Waals surface area contributed by atoms with Crippen LogP contribution in [0.1, 0.15) is 110 Å². The molecule has 272 valence electrons. The molecule has 1 aromatic carbocycles. The number of rotatable bonds is 20. The molecule has 0 amide bonds. The first-order valence-electron chi connectivity index (χ1n) is 18.6. The Kier molecular flexibility index (Phi) is 15.3. The molecule has 9 heteroatoms. The quantitative estimate of drug-likeness (QED) is 0.0511. The van der Waals surface area contributed by atoms with Crippen LogP contribution in [-0.2, 0) is 13.6 Å². The van der Waals surface area contributed by atoms with Crippen LogP contribution in [0.15, 0.2) is 48.5 Å². The number of unbranched alkanes of at least 4 members (excludes halogenated alkanes) is 7. The van der Waals surface area contributed by atoms with E-state index in [1.807, 2.05) is 13.8 Å². The van der Waals surface area contributed by atoms with Gasteiger partial charge in [-0.25, -0.2) is 0 Å². The molecule has 0 saturated carbocycles. The van der Waals surface area contributed by atoms with Crippen molar-refractivity contribution in [2.75, 3.05) is 20.3 Å². The van der Waals surface area contributed by atoms with E-state index in [0.717, 1.165) is 54.7 Å². The first kappa shape index (κ1) is 39.0. The summed E-state index contributed by atoms with van der Waals surface area (Å²) in [6, 6.07) is 17.3. The maximum absolute atomic E-state index is 6.74. The Balaban J connectivity index is 1.39. The molecule has 1 saturated heterocycles. The van der Waals surface area contributed by atoms with Crippen molar-refractivity contribution in [3.8, 4) is 54.0 Å². The zero-order valence-corrected chi connectivity index (χ0v) is 34.2. The van der Waals surface area contributed by atoms with Crippen LogP contribution >= 0.6 is 42.0 Å². The molecular formula is C41H55O5PS3. The molecule has 1 atom stereocenters. The number of benzene rings is 1. The fourth-order valence-electron chi connectivity index (χ4n) is 6.17. The molecule has 4 aromatic rings. The Hall–Kier alpha value is -2.21. The Morgan fingerprint density at radius 3 is 2.16 bits per heavy atom. The monoisotopic (exact) mass is 754 g/mol. The fourth-order valence-corrected chi connectivity index (χ4v) is 12.3. The SMILES string of the molecule is CCCCCCCCC#Cc1ccc(-c2ccc(-c3cc(OCC(CC)CCCC)c(-c4ccc([PH]5(OCC)OC(C)O5)s4)cc3OC)s2)s1. The van der Waals surface area contributed by atoms with Crippen molar-refractivity contribution in [3.05, 3.63) is 53.4 Å². The predicted octanol–water partition coefficient (Wildman–Crippen LogP) is 13.1. The van der Waals surface area contributed by atoms with Gasteiger partial charge in [-0.3, -0.25) is 0 Å². The van der Waals surface area contributed by atoms with Crippen LogP contribution in [0.5, 0.6) is 11.5 Å². The number of thiophene rings is 3. The van der Waals surface area contributed by atoms with Crippen molar-refractivity contribution in [1.29, 1.82) is 0 Å². The van der Waals surface area contributed by atoms with E-state index < -0.39 is 7.94 Å². The summed E-state index contributed by atoms with van der Waals surface area (Å²) in [4.78, 5) is 5.83. The average Bonchev–Trinajstić information content (AvgIpc) is 3.90. The van der Waals surface area contributed by atoms with Crippen molar-refractivity contribution in [2.45, 2.75) is 112 Å². The van der Waals surface area contributed by atoms with E-state index in [4.69, 9.17) is 23.0 Å². The summed E-state index contributed by atoms with van der Waals surface area (Å²) < 4.78 is 32.1. The van der Waals surface area contributed by atoms with Crippen LogP contribution in [-0.4, -0.2) is 26.6 Å². The summed E-state index contributed by atoms with van der Waals surface area (Å²) in [6.45, 7) is 11.9. The molecule has 1 aliphatic heterocycles. The predicted molar refractivity (Wildman–Crippen MR) is 218 cm³/mol. The second-order valence-corrected chi connectivity index (χ2v) is 18.9. The van der Waals surface area contributed by atoms with Crippen molar-refractivity contribution < 1.29 is 23.0 Å². The van der Waals surface area contributed by atoms with Crippen LogP contribution in [0, 0.1) is 17.8 Å². The molecule has 4 heterocycles. The summed E-state index contributed by atoms with van der Waals surface area (Å²) in [6.07, 6.45) is 13.2. The van der Waals surface area contributed by atoms with E-state index in [1.165, 1.54) is 67.5 Å². The summed E-state index contributed by atoms with van der Waals surface area (Å²) in [7, 11) is -1.11. The van der Waals surface area contributed by atoms with Gasteiger partial charge in [0.2, 0.25) is 0 Å². The van der Waals surface area contributed by atoms with Crippen molar-refractivity contribution in [2.24, 2.45) is 5.92 Å². The van der Waals surface area contributed by atoms with Crippen LogP contribution in [0.2, 0.25) is 0 Å². The van der Waals surface area contributed by atoms with E-state index in [1.54, 1.807) is 41.1 Å². The number of ether oxygens (including phenoxy) is 2. The third-order valence-corrected chi connectivity index (χ3v) is 16.1. The van der Waals surface area contributed by atoms with Crippen molar-refractivity contribution >= 4 is 46.6 Å². The topological polar surface area (TPSA) is 46.2 Å². The van der Waals surface area contributed by atoms with Gasteiger partial charge in [0.05, 0.1) is 4.88 Å². The molecular weight excluding hydrogens is 700 g/mol. The molecule has 1 fully saturated rings. The Labute approximate surface area is 313 Å². The fraction of sp³-hybridized carbons (Fsp3) is 0.512. The average molecular weight is 755 g/mol. The van der Waals surface area contributed by atoms with E-state index in [0.29, 0.717) is 19.1 Å². The van der Waals surface area contributed by atoms with Crippen LogP contribution < -0.4 is 14.1 Å². The number of hydrogen-bond acceptors (Lipinski definition) is 8. The van der Waals surface area contributed by atoms with E-state index in [-0.39, 0.29) is 6.29 Å². The second-order valence-electron chi connectivity index (χ2n) is 12.9. The van der Waals surface area contributed by atoms with E-state index in [9.17, 15) is 0 Å². The molecule has 0 spiro atoms. The zero-order valence-electron chi connectivity index (χ0n) is 30.7. The molecule has 0 bridgehead atoms. The molecule has 0 radical (unpaired) electrons. The first-order valence-corrected chi connectivity index (χ1v) is 22.7. The molecule has 5 rings (SSSR count). The van der Waals surface area contributed by atoms with Crippen LogP contribution in [0.25, 0.3) is 30.6 Å². The van der Waals surface area contributed by atoms with Gasteiger partial charge in [-0.15, -0.1) is 0 Å². The summed E-state index contributed by atoms with van der Waals surface area (Å²) in [5.74, 6) is 9.01. The zero-order chi connectivity index (χ0) is 35.3. The standard InChI is InChI=1S/C41H55O5PS3/c1-7-11-13-14-15-16-17-18-20-32-21-22-39(48-32)40-24-23-37(49-40)33-28-36(43-29-31(9-3)19-12-8-2)34(27-35(33)42-6)38-25-26-41(50-38)47(44-10-4)45-30(5)46-47/h21-28,30-31,47H,7-17,19,29H2,1-6H3. The van der Waals surface area contributed by atoms with Gasteiger partial charge in [0.1, 0.15) is 0 Å². The Morgan fingerprint density at radius 1 is 0.760 bits per heavy atom. The second kappa shape index (κ2) is 19.6. The summed E-state index contributed by atoms with van der Waals surface area (Å²) in [5, 5.41) is 0. The third-order valence-electron chi connectivity index (χ3n) is 9.06. The molecule has 1 aliphatic rings. The Morgan fingerprint density at radius 2 is 1.42 bits per heavy atom. The van der Waals surface area contributed by atoms with Crippen LogP contribution in [0.4, 0.5) is 0 Å². The van der Waals surface area contributed by atoms with Crippen molar-refractivity contribution in [1.82, 2.24) is 0 Å². The number of hydrogen-bond donors (Lipinski definition) is 0. The van der Waals surface area contributed by atoms with Gasteiger partial charge in [-0.2, -0.15) is 0 Å².